The van der Waals surface area contributed by atoms with Crippen LogP contribution in [0.15, 0.2) is 0 Å². The van der Waals surface area contributed by atoms with Gasteiger partial charge in [-0.3, -0.25) is 0 Å². The second-order valence-electron chi connectivity index (χ2n) is 4.24. The lowest BCUT2D eigenvalue weighted by atomic mass is 10.2. The molecular weight excluding hydrogens is 258 g/mol. The van der Waals surface area contributed by atoms with Crippen LogP contribution in [0.25, 0.3) is 0 Å². The third-order valence-electron chi connectivity index (χ3n) is 2.93. The molecule has 1 aromatic rings. The molecule has 96 valence electrons. The van der Waals surface area contributed by atoms with Crippen LogP contribution in [0.1, 0.15) is 34.5 Å². The van der Waals surface area contributed by atoms with E-state index in [1.807, 2.05) is 7.05 Å². The summed E-state index contributed by atoms with van der Waals surface area (Å²) in [5.74, 6) is 0.295. The predicted molar refractivity (Wildman–Crippen MR) is 67.9 cm³/mol. The predicted octanol–water partition coefficient (Wildman–Crippen LogP) is 0.940. The van der Waals surface area contributed by atoms with E-state index in [1.54, 1.807) is 0 Å². The summed E-state index contributed by atoms with van der Waals surface area (Å²) in [5.41, 5.74) is 0. The van der Waals surface area contributed by atoms with Crippen molar-refractivity contribution >= 4 is 21.2 Å². The van der Waals surface area contributed by atoms with Gasteiger partial charge in [-0.2, -0.15) is 0 Å². The molecule has 1 aliphatic heterocycles. The number of likely N-dealkylation sites (N-methyl/N-ethyl adjacent to an activating group) is 1. The smallest absolute Gasteiger partial charge is 0.159 e. The van der Waals surface area contributed by atoms with Crippen molar-refractivity contribution in [1.29, 1.82) is 0 Å². The fourth-order valence-corrected chi connectivity index (χ4v) is 5.17. The van der Waals surface area contributed by atoms with Crippen molar-refractivity contribution in [3.05, 3.63) is 10.0 Å². The van der Waals surface area contributed by atoms with Crippen molar-refractivity contribution in [2.24, 2.45) is 0 Å². The molecule has 7 heteroatoms. The Morgan fingerprint density at radius 3 is 2.94 bits per heavy atom. The van der Waals surface area contributed by atoms with Gasteiger partial charge in [-0.05, 0) is 19.9 Å². The van der Waals surface area contributed by atoms with Crippen LogP contribution >= 0.6 is 11.3 Å². The number of nitrogens with one attached hydrogen (secondary N) is 1. The molecule has 2 rings (SSSR count). The fourth-order valence-electron chi connectivity index (χ4n) is 1.96. The molecule has 1 unspecified atom stereocenters. The van der Waals surface area contributed by atoms with Gasteiger partial charge in [0.1, 0.15) is 15.3 Å². The SMILES string of the molecule is CNCCc1nnc(C2CCCCS2(=O)=O)s1. The zero-order chi connectivity index (χ0) is 12.3. The quantitative estimate of drug-likeness (QED) is 0.885. The first-order chi connectivity index (χ1) is 8.13. The van der Waals surface area contributed by atoms with Gasteiger partial charge in [0, 0.05) is 13.0 Å². The molecule has 1 saturated heterocycles. The van der Waals surface area contributed by atoms with Gasteiger partial charge >= 0.3 is 0 Å². The molecule has 0 saturated carbocycles. The molecule has 1 N–H and O–H groups in total. The summed E-state index contributed by atoms with van der Waals surface area (Å²) in [6.45, 7) is 0.839. The minimum absolute atomic E-state index is 0.295. The topological polar surface area (TPSA) is 72.0 Å². The van der Waals surface area contributed by atoms with Crippen molar-refractivity contribution < 1.29 is 8.42 Å². The summed E-state index contributed by atoms with van der Waals surface area (Å²) < 4.78 is 23.9. The van der Waals surface area contributed by atoms with Crippen LogP contribution in [0.2, 0.25) is 0 Å². The number of sulfone groups is 1. The van der Waals surface area contributed by atoms with Crippen molar-refractivity contribution in [2.75, 3.05) is 19.3 Å². The molecule has 1 fully saturated rings. The molecule has 1 aromatic heterocycles. The first-order valence-corrected chi connectivity index (χ1v) is 8.35. The normalized spacial score (nSPS) is 23.7. The molecule has 0 radical (unpaired) electrons. The molecule has 0 aromatic carbocycles. The summed E-state index contributed by atoms with van der Waals surface area (Å²) in [6, 6.07) is 0. The molecule has 17 heavy (non-hydrogen) atoms. The molecule has 1 aliphatic rings. The summed E-state index contributed by atoms with van der Waals surface area (Å²) in [6.07, 6.45) is 3.25. The summed E-state index contributed by atoms with van der Waals surface area (Å²) in [7, 11) is -1.11. The highest BCUT2D eigenvalue weighted by Crippen LogP contribution is 2.34. The van der Waals surface area contributed by atoms with E-state index in [0.29, 0.717) is 17.2 Å². The monoisotopic (exact) mass is 275 g/mol. The van der Waals surface area contributed by atoms with E-state index >= 15 is 0 Å². The van der Waals surface area contributed by atoms with Crippen LogP contribution in [0.4, 0.5) is 0 Å². The second kappa shape index (κ2) is 5.41. The van der Waals surface area contributed by atoms with Gasteiger partial charge in [-0.1, -0.05) is 6.42 Å². The van der Waals surface area contributed by atoms with Crippen LogP contribution in [0.5, 0.6) is 0 Å². The van der Waals surface area contributed by atoms with E-state index < -0.39 is 15.1 Å². The van der Waals surface area contributed by atoms with Crippen molar-refractivity contribution in [2.45, 2.75) is 30.9 Å². The van der Waals surface area contributed by atoms with Gasteiger partial charge in [0.15, 0.2) is 9.84 Å². The largest absolute Gasteiger partial charge is 0.319 e. The van der Waals surface area contributed by atoms with E-state index in [1.165, 1.54) is 11.3 Å². The van der Waals surface area contributed by atoms with E-state index in [4.69, 9.17) is 0 Å². The maximum atomic E-state index is 11.9. The third kappa shape index (κ3) is 3.02. The van der Waals surface area contributed by atoms with Crippen LogP contribution in [-0.4, -0.2) is 38.0 Å². The van der Waals surface area contributed by atoms with E-state index in [0.717, 1.165) is 30.8 Å². The van der Waals surface area contributed by atoms with Gasteiger partial charge in [0.05, 0.1) is 5.75 Å². The zero-order valence-electron chi connectivity index (χ0n) is 9.85. The van der Waals surface area contributed by atoms with E-state index in [-0.39, 0.29) is 0 Å². The zero-order valence-corrected chi connectivity index (χ0v) is 11.5. The maximum Gasteiger partial charge on any atom is 0.159 e. The Kier molecular flexibility index (Phi) is 4.11. The number of hydrogen-bond donors (Lipinski definition) is 1. The molecule has 1 atom stereocenters. The minimum Gasteiger partial charge on any atom is -0.319 e. The highest BCUT2D eigenvalue weighted by molar-refractivity contribution is 7.91. The standard InChI is InChI=1S/C10H17N3O2S2/c1-11-6-5-9-12-13-10(16-9)8-4-2-3-7-17(8,14)15/h8,11H,2-7H2,1H3. The lowest BCUT2D eigenvalue weighted by molar-refractivity contribution is 0.544. The van der Waals surface area contributed by atoms with Gasteiger partial charge in [0.25, 0.3) is 0 Å². The summed E-state index contributed by atoms with van der Waals surface area (Å²) in [5, 5.41) is 12.3. The van der Waals surface area contributed by atoms with Crippen LogP contribution in [0.3, 0.4) is 0 Å². The highest BCUT2D eigenvalue weighted by atomic mass is 32.2. The average molecular weight is 275 g/mol. The molecule has 0 aliphatic carbocycles. The van der Waals surface area contributed by atoms with Crippen molar-refractivity contribution in [1.82, 2.24) is 15.5 Å². The molecule has 0 amide bonds. The lowest BCUT2D eigenvalue weighted by Gasteiger charge is -2.19. The number of aromatic nitrogens is 2. The van der Waals surface area contributed by atoms with Gasteiger partial charge in [-0.25, -0.2) is 8.42 Å². The van der Waals surface area contributed by atoms with Gasteiger partial charge in [-0.15, -0.1) is 21.5 Å². The Balaban J connectivity index is 2.13. The van der Waals surface area contributed by atoms with Crippen LogP contribution in [0, 0.1) is 0 Å². The van der Waals surface area contributed by atoms with Gasteiger partial charge < -0.3 is 5.32 Å². The molecule has 2 heterocycles. The fraction of sp³-hybridized carbons (Fsp3) is 0.800. The first kappa shape index (κ1) is 12.9. The number of rotatable bonds is 4. The van der Waals surface area contributed by atoms with E-state index in [9.17, 15) is 8.42 Å². The molecule has 0 bridgehead atoms. The van der Waals surface area contributed by atoms with Gasteiger partial charge in [0.2, 0.25) is 0 Å². The van der Waals surface area contributed by atoms with Crippen molar-refractivity contribution in [3.63, 3.8) is 0 Å². The Morgan fingerprint density at radius 2 is 2.24 bits per heavy atom. The molecule has 5 nitrogen and oxygen atoms in total. The highest BCUT2D eigenvalue weighted by Gasteiger charge is 2.32. The number of nitrogens with zero attached hydrogens (tertiary/aromatic N) is 2. The Labute approximate surface area is 106 Å². The molecular formula is C10H17N3O2S2. The maximum absolute atomic E-state index is 11.9. The average Bonchev–Trinajstić information content (AvgIpc) is 2.74. The van der Waals surface area contributed by atoms with E-state index in [2.05, 4.69) is 15.5 Å². The van der Waals surface area contributed by atoms with Crippen LogP contribution in [-0.2, 0) is 16.3 Å². The lowest BCUT2D eigenvalue weighted by Crippen LogP contribution is -2.21. The Morgan fingerprint density at radius 1 is 1.41 bits per heavy atom. The first-order valence-electron chi connectivity index (χ1n) is 5.82. The Bertz CT molecular complexity index is 470. The summed E-state index contributed by atoms with van der Waals surface area (Å²) in [4.78, 5) is 0. The van der Waals surface area contributed by atoms with Crippen molar-refractivity contribution in [3.8, 4) is 0 Å². The molecule has 0 spiro atoms. The summed E-state index contributed by atoms with van der Waals surface area (Å²) >= 11 is 1.44. The minimum atomic E-state index is -2.99. The number of hydrogen-bond acceptors (Lipinski definition) is 6. The third-order valence-corrected chi connectivity index (χ3v) is 6.36. The van der Waals surface area contributed by atoms with Crippen LogP contribution < -0.4 is 5.32 Å². The Hall–Kier alpha value is -0.530. The second-order valence-corrected chi connectivity index (χ2v) is 7.64.